The van der Waals surface area contributed by atoms with Crippen LogP contribution in [0.1, 0.15) is 12.8 Å². The highest BCUT2D eigenvalue weighted by Crippen LogP contribution is 2.28. The van der Waals surface area contributed by atoms with Gasteiger partial charge in [0.2, 0.25) is 15.9 Å². The molecule has 0 aliphatic heterocycles. The Labute approximate surface area is 126 Å². The van der Waals surface area contributed by atoms with E-state index >= 15 is 0 Å². The molecule has 0 bridgehead atoms. The smallest absolute Gasteiger partial charge is 0.242 e. The van der Waals surface area contributed by atoms with Gasteiger partial charge < -0.3 is 11.1 Å². The Morgan fingerprint density at radius 2 is 2.05 bits per heavy atom. The molecule has 1 aromatic carbocycles. The second-order valence-corrected chi connectivity index (χ2v) is 7.30. The van der Waals surface area contributed by atoms with Crippen molar-refractivity contribution in [3.8, 4) is 0 Å². The molecule has 4 N–H and O–H groups in total. The molecule has 0 spiro atoms. The summed E-state index contributed by atoms with van der Waals surface area (Å²) in [7, 11) is -3.66. The lowest BCUT2D eigenvalue weighted by atomic mass is 10.3. The van der Waals surface area contributed by atoms with Gasteiger partial charge in [-0.25, -0.2) is 13.1 Å². The van der Waals surface area contributed by atoms with Crippen molar-refractivity contribution in [2.45, 2.75) is 17.7 Å². The Hall–Kier alpha value is -1.12. The van der Waals surface area contributed by atoms with E-state index in [2.05, 4.69) is 26.0 Å². The van der Waals surface area contributed by atoms with Gasteiger partial charge >= 0.3 is 0 Å². The molecule has 6 nitrogen and oxygen atoms in total. The van der Waals surface area contributed by atoms with Gasteiger partial charge in [-0.2, -0.15) is 0 Å². The Kier molecular flexibility index (Phi) is 4.66. The van der Waals surface area contributed by atoms with E-state index in [4.69, 9.17) is 5.73 Å². The maximum absolute atomic E-state index is 12.0. The van der Waals surface area contributed by atoms with Crippen molar-refractivity contribution in [3.63, 3.8) is 0 Å². The highest BCUT2D eigenvalue weighted by atomic mass is 79.9. The van der Waals surface area contributed by atoms with Crippen LogP contribution in [0.5, 0.6) is 0 Å². The number of nitrogen functional groups attached to an aromatic ring is 1. The number of halogens is 1. The molecule has 1 fully saturated rings. The van der Waals surface area contributed by atoms with Gasteiger partial charge in [-0.1, -0.05) is 15.9 Å². The minimum Gasteiger partial charge on any atom is -0.398 e. The fourth-order valence-corrected chi connectivity index (χ4v) is 3.22. The number of carbonyl (C=O) groups excluding carboxylic acids is 1. The van der Waals surface area contributed by atoms with Crippen LogP contribution < -0.4 is 15.8 Å². The molecule has 110 valence electrons. The van der Waals surface area contributed by atoms with Crippen LogP contribution in [0, 0.1) is 5.92 Å². The number of benzene rings is 1. The quantitative estimate of drug-likeness (QED) is 0.516. The molecule has 2 rings (SSSR count). The van der Waals surface area contributed by atoms with E-state index in [1.807, 2.05) is 0 Å². The van der Waals surface area contributed by atoms with Crippen LogP contribution in [0.3, 0.4) is 0 Å². The van der Waals surface area contributed by atoms with Crippen molar-refractivity contribution in [3.05, 3.63) is 22.7 Å². The first-order valence-corrected chi connectivity index (χ1v) is 8.50. The van der Waals surface area contributed by atoms with Crippen LogP contribution in [0.4, 0.5) is 5.69 Å². The summed E-state index contributed by atoms with van der Waals surface area (Å²) in [5.41, 5.74) is 5.86. The number of amides is 1. The number of rotatable bonds is 6. The van der Waals surface area contributed by atoms with Crippen LogP contribution in [0.2, 0.25) is 0 Å². The molecule has 0 radical (unpaired) electrons. The van der Waals surface area contributed by atoms with Crippen molar-refractivity contribution in [1.29, 1.82) is 0 Å². The SMILES string of the molecule is Nc1cc(Br)ccc1S(=O)(=O)NCCNC(=O)C1CC1. The highest BCUT2D eigenvalue weighted by molar-refractivity contribution is 9.10. The molecule has 1 amide bonds. The van der Waals surface area contributed by atoms with Crippen LogP contribution in [-0.4, -0.2) is 27.4 Å². The van der Waals surface area contributed by atoms with Crippen molar-refractivity contribution >= 4 is 37.5 Å². The predicted molar refractivity (Wildman–Crippen MR) is 79.5 cm³/mol. The summed E-state index contributed by atoms with van der Waals surface area (Å²) in [5.74, 6) is 0.112. The molecule has 0 unspecified atom stereocenters. The number of carbonyl (C=O) groups is 1. The monoisotopic (exact) mass is 361 g/mol. The molecule has 1 saturated carbocycles. The summed E-state index contributed by atoms with van der Waals surface area (Å²) < 4.78 is 27.2. The number of hydrogen-bond donors (Lipinski definition) is 3. The van der Waals surface area contributed by atoms with Crippen LogP contribution in [0.25, 0.3) is 0 Å². The summed E-state index contributed by atoms with van der Waals surface area (Å²) in [4.78, 5) is 11.4. The number of nitrogens with two attached hydrogens (primary N) is 1. The molecule has 0 atom stereocenters. The lowest BCUT2D eigenvalue weighted by molar-refractivity contribution is -0.122. The summed E-state index contributed by atoms with van der Waals surface area (Å²) >= 11 is 3.22. The van der Waals surface area contributed by atoms with E-state index in [-0.39, 0.29) is 35.5 Å². The van der Waals surface area contributed by atoms with E-state index < -0.39 is 10.0 Å². The minimum absolute atomic E-state index is 0.00708. The van der Waals surface area contributed by atoms with E-state index in [9.17, 15) is 13.2 Å². The second-order valence-electron chi connectivity index (χ2n) is 4.65. The Balaban J connectivity index is 1.88. The van der Waals surface area contributed by atoms with E-state index in [1.165, 1.54) is 12.1 Å². The fourth-order valence-electron chi connectivity index (χ4n) is 1.70. The lowest BCUT2D eigenvalue weighted by Gasteiger charge is -2.10. The third kappa shape index (κ3) is 3.94. The van der Waals surface area contributed by atoms with Gasteiger partial charge in [0.15, 0.2) is 0 Å². The lowest BCUT2D eigenvalue weighted by Crippen LogP contribution is -2.35. The first-order chi connectivity index (χ1) is 9.40. The van der Waals surface area contributed by atoms with Crippen LogP contribution in [0.15, 0.2) is 27.6 Å². The van der Waals surface area contributed by atoms with Crippen molar-refractivity contribution in [2.24, 2.45) is 5.92 Å². The highest BCUT2D eigenvalue weighted by Gasteiger charge is 2.29. The summed E-state index contributed by atoms with van der Waals surface area (Å²) in [6.45, 7) is 0.404. The van der Waals surface area contributed by atoms with Crippen molar-refractivity contribution < 1.29 is 13.2 Å². The average Bonchev–Trinajstić information content (AvgIpc) is 3.18. The van der Waals surface area contributed by atoms with Gasteiger partial charge in [0.05, 0.1) is 5.69 Å². The molecule has 1 aliphatic carbocycles. The fraction of sp³-hybridized carbons (Fsp3) is 0.417. The summed E-state index contributed by atoms with van der Waals surface area (Å²) in [6, 6.07) is 4.58. The third-order valence-corrected chi connectivity index (χ3v) is 4.95. The first kappa shape index (κ1) is 15.3. The molecular formula is C12H16BrN3O3S. The number of anilines is 1. The Morgan fingerprint density at radius 3 is 2.65 bits per heavy atom. The van der Waals surface area contributed by atoms with E-state index in [0.29, 0.717) is 4.47 Å². The zero-order chi connectivity index (χ0) is 14.8. The normalized spacial score (nSPS) is 15.1. The van der Waals surface area contributed by atoms with Crippen molar-refractivity contribution in [1.82, 2.24) is 10.0 Å². The molecule has 0 aromatic heterocycles. The van der Waals surface area contributed by atoms with Gasteiger partial charge in [0.25, 0.3) is 0 Å². The zero-order valence-electron chi connectivity index (χ0n) is 10.7. The van der Waals surface area contributed by atoms with Crippen molar-refractivity contribution in [2.75, 3.05) is 18.8 Å². The van der Waals surface area contributed by atoms with Gasteiger partial charge in [0.1, 0.15) is 4.90 Å². The molecule has 0 heterocycles. The second kappa shape index (κ2) is 6.11. The Bertz CT molecular complexity index is 614. The maximum Gasteiger partial charge on any atom is 0.242 e. The molecule has 1 aliphatic rings. The molecule has 8 heteroatoms. The number of hydrogen-bond acceptors (Lipinski definition) is 4. The van der Waals surface area contributed by atoms with Gasteiger partial charge in [-0.05, 0) is 31.0 Å². The molecule has 0 saturated heterocycles. The number of sulfonamides is 1. The first-order valence-electron chi connectivity index (χ1n) is 6.22. The van der Waals surface area contributed by atoms with Gasteiger partial charge in [0, 0.05) is 23.5 Å². The van der Waals surface area contributed by atoms with Crippen LogP contribution >= 0.6 is 15.9 Å². The number of nitrogens with one attached hydrogen (secondary N) is 2. The maximum atomic E-state index is 12.0. The average molecular weight is 362 g/mol. The van der Waals surface area contributed by atoms with Gasteiger partial charge in [-0.15, -0.1) is 0 Å². The van der Waals surface area contributed by atoms with E-state index in [0.717, 1.165) is 12.8 Å². The molecular weight excluding hydrogens is 346 g/mol. The minimum atomic E-state index is -3.66. The predicted octanol–water partition coefficient (Wildman–Crippen LogP) is 0.836. The summed E-state index contributed by atoms with van der Waals surface area (Å²) in [6.07, 6.45) is 1.85. The zero-order valence-corrected chi connectivity index (χ0v) is 13.1. The topological polar surface area (TPSA) is 101 Å². The third-order valence-electron chi connectivity index (χ3n) is 2.93. The molecule has 1 aromatic rings. The van der Waals surface area contributed by atoms with Gasteiger partial charge in [-0.3, -0.25) is 4.79 Å². The van der Waals surface area contributed by atoms with Crippen LogP contribution in [-0.2, 0) is 14.8 Å². The standard InChI is InChI=1S/C12H16BrN3O3S/c13-9-3-4-11(10(14)7-9)20(18,19)16-6-5-15-12(17)8-1-2-8/h3-4,7-8,16H,1-2,5-6,14H2,(H,15,17). The summed E-state index contributed by atoms with van der Waals surface area (Å²) in [5, 5.41) is 2.69. The molecule has 20 heavy (non-hydrogen) atoms. The Morgan fingerprint density at radius 1 is 1.35 bits per heavy atom. The van der Waals surface area contributed by atoms with E-state index in [1.54, 1.807) is 6.07 Å². The largest absolute Gasteiger partial charge is 0.398 e.